The van der Waals surface area contributed by atoms with Gasteiger partial charge in [0.05, 0.1) is 11.4 Å². The first-order chi connectivity index (χ1) is 14.8. The molecular weight excluding hydrogens is 401 g/mol. The minimum absolute atomic E-state index is 0.117. The van der Waals surface area contributed by atoms with Crippen LogP contribution in [0.4, 0.5) is 20.6 Å². The highest BCUT2D eigenvalue weighted by Crippen LogP contribution is 2.33. The molecule has 0 saturated carbocycles. The van der Waals surface area contributed by atoms with E-state index in [2.05, 4.69) is 10.6 Å². The van der Waals surface area contributed by atoms with Crippen LogP contribution < -0.4 is 20.4 Å². The monoisotopic (exact) mass is 427 g/mol. The Balaban J connectivity index is 1.68. The van der Waals surface area contributed by atoms with Crippen LogP contribution >= 0.6 is 0 Å². The topological polar surface area (TPSA) is 85.0 Å². The molecule has 9 heteroatoms. The number of benzene rings is 2. The Hall–Kier alpha value is -3.46. The minimum atomic E-state index is -0.444. The van der Waals surface area contributed by atoms with Crippen LogP contribution in [0.15, 0.2) is 48.5 Å². The number of rotatable bonds is 7. The molecule has 0 aromatic heterocycles. The van der Waals surface area contributed by atoms with Crippen LogP contribution in [0.3, 0.4) is 0 Å². The lowest BCUT2D eigenvalue weighted by atomic mass is 10.1. The first-order valence-electron chi connectivity index (χ1n) is 9.96. The molecule has 0 spiro atoms. The number of nitrogens with one attached hydrogen (secondary N) is 2. The van der Waals surface area contributed by atoms with Gasteiger partial charge in [0.15, 0.2) is 0 Å². The molecule has 2 N–H and O–H groups in total. The van der Waals surface area contributed by atoms with Crippen molar-refractivity contribution in [3.63, 3.8) is 0 Å². The molecule has 0 saturated heterocycles. The maximum atomic E-state index is 13.0. The molecule has 2 aromatic rings. The van der Waals surface area contributed by atoms with E-state index in [9.17, 15) is 18.8 Å². The van der Waals surface area contributed by atoms with E-state index < -0.39 is 6.03 Å². The number of halogens is 1. The number of urea groups is 1. The van der Waals surface area contributed by atoms with Crippen molar-refractivity contribution in [2.45, 2.75) is 6.54 Å². The van der Waals surface area contributed by atoms with Crippen molar-refractivity contribution in [1.29, 1.82) is 0 Å². The van der Waals surface area contributed by atoms with E-state index in [1.807, 2.05) is 19.0 Å². The highest BCUT2D eigenvalue weighted by Gasteiger charge is 2.33. The number of nitrogens with zero attached hydrogens (tertiary/aromatic N) is 3. The van der Waals surface area contributed by atoms with Crippen molar-refractivity contribution in [1.82, 2.24) is 15.5 Å². The number of likely N-dealkylation sites (N-methyl/N-ethyl adjacent to an activating group) is 1. The lowest BCUT2D eigenvalue weighted by Gasteiger charge is -2.35. The zero-order valence-corrected chi connectivity index (χ0v) is 17.6. The standard InChI is InChI=1S/C22H26FN5O3/c1-26(2)12-11-24-20(29)14-27-18-5-3-4-6-19(18)28(15-21(27)30)22(31)25-13-16-7-9-17(23)10-8-16/h3-10H,11-15H2,1-2H3,(H,24,29)(H,25,31). The number of amides is 4. The molecule has 0 fully saturated rings. The van der Waals surface area contributed by atoms with Crippen molar-refractivity contribution in [3.05, 3.63) is 59.9 Å². The quantitative estimate of drug-likeness (QED) is 0.703. The summed E-state index contributed by atoms with van der Waals surface area (Å²) in [6.45, 7) is 1.07. The van der Waals surface area contributed by atoms with Crippen LogP contribution in [0.2, 0.25) is 0 Å². The van der Waals surface area contributed by atoms with Gasteiger partial charge in [-0.3, -0.25) is 19.4 Å². The Bertz CT molecular complexity index is 948. The average Bonchev–Trinajstić information content (AvgIpc) is 2.74. The average molecular weight is 427 g/mol. The summed E-state index contributed by atoms with van der Waals surface area (Å²) in [4.78, 5) is 42.5. The molecule has 1 heterocycles. The molecule has 1 aliphatic heterocycles. The molecule has 0 bridgehead atoms. The van der Waals surface area contributed by atoms with E-state index in [-0.39, 0.29) is 37.3 Å². The number of carbonyl (C=O) groups excluding carboxylic acids is 3. The van der Waals surface area contributed by atoms with Crippen LogP contribution in [-0.2, 0) is 16.1 Å². The molecule has 4 amide bonds. The van der Waals surface area contributed by atoms with E-state index in [0.29, 0.717) is 24.5 Å². The van der Waals surface area contributed by atoms with Crippen LogP contribution in [0.1, 0.15) is 5.56 Å². The number of anilines is 2. The zero-order chi connectivity index (χ0) is 22.4. The van der Waals surface area contributed by atoms with Crippen molar-refractivity contribution in [3.8, 4) is 0 Å². The summed E-state index contributed by atoms with van der Waals surface area (Å²) in [5, 5.41) is 5.55. The SMILES string of the molecule is CN(C)CCNC(=O)CN1C(=O)CN(C(=O)NCc2ccc(F)cc2)c2ccccc21. The molecular formula is C22H26FN5O3. The fourth-order valence-corrected chi connectivity index (χ4v) is 3.21. The normalized spacial score (nSPS) is 13.2. The van der Waals surface area contributed by atoms with Crippen molar-refractivity contribution in [2.75, 3.05) is 50.1 Å². The summed E-state index contributed by atoms with van der Waals surface area (Å²) < 4.78 is 13.0. The van der Waals surface area contributed by atoms with Gasteiger partial charge in [-0.2, -0.15) is 0 Å². The summed E-state index contributed by atoms with van der Waals surface area (Å²) in [6.07, 6.45) is 0. The molecule has 164 valence electrons. The van der Waals surface area contributed by atoms with E-state index in [0.717, 1.165) is 5.56 Å². The lowest BCUT2D eigenvalue weighted by Crippen LogP contribution is -2.53. The summed E-state index contributed by atoms with van der Waals surface area (Å²) in [5.74, 6) is -0.964. The smallest absolute Gasteiger partial charge is 0.322 e. The lowest BCUT2D eigenvalue weighted by molar-refractivity contribution is -0.123. The Labute approximate surface area is 180 Å². The van der Waals surface area contributed by atoms with Gasteiger partial charge in [0.2, 0.25) is 11.8 Å². The number of para-hydroxylation sites is 2. The van der Waals surface area contributed by atoms with E-state index in [1.54, 1.807) is 36.4 Å². The highest BCUT2D eigenvalue weighted by atomic mass is 19.1. The van der Waals surface area contributed by atoms with Crippen molar-refractivity contribution >= 4 is 29.2 Å². The van der Waals surface area contributed by atoms with Gasteiger partial charge < -0.3 is 15.5 Å². The van der Waals surface area contributed by atoms with E-state index >= 15 is 0 Å². The minimum Gasteiger partial charge on any atom is -0.353 e. The summed E-state index contributed by atoms with van der Waals surface area (Å²) in [6, 6.07) is 12.3. The highest BCUT2D eigenvalue weighted by molar-refractivity contribution is 6.12. The molecule has 0 aliphatic carbocycles. The number of hydrogen-bond donors (Lipinski definition) is 2. The van der Waals surface area contributed by atoms with E-state index in [1.165, 1.54) is 21.9 Å². The Morgan fingerprint density at radius 1 is 1.03 bits per heavy atom. The first kappa shape index (κ1) is 22.2. The van der Waals surface area contributed by atoms with Crippen LogP contribution in [0, 0.1) is 5.82 Å². The van der Waals surface area contributed by atoms with Crippen LogP contribution in [0.5, 0.6) is 0 Å². The van der Waals surface area contributed by atoms with E-state index in [4.69, 9.17) is 0 Å². The second-order valence-corrected chi connectivity index (χ2v) is 7.49. The van der Waals surface area contributed by atoms with Gasteiger partial charge in [-0.15, -0.1) is 0 Å². The third-order valence-electron chi connectivity index (χ3n) is 4.84. The number of carbonyl (C=O) groups is 3. The Morgan fingerprint density at radius 3 is 2.39 bits per heavy atom. The summed E-state index contributed by atoms with van der Waals surface area (Å²) in [7, 11) is 3.82. The van der Waals surface area contributed by atoms with Gasteiger partial charge in [0.1, 0.15) is 18.9 Å². The maximum absolute atomic E-state index is 13.0. The number of hydrogen-bond acceptors (Lipinski definition) is 4. The molecule has 0 radical (unpaired) electrons. The third kappa shape index (κ3) is 5.79. The fourth-order valence-electron chi connectivity index (χ4n) is 3.21. The zero-order valence-electron chi connectivity index (χ0n) is 17.6. The summed E-state index contributed by atoms with van der Waals surface area (Å²) >= 11 is 0. The summed E-state index contributed by atoms with van der Waals surface area (Å²) in [5.41, 5.74) is 1.78. The third-order valence-corrected chi connectivity index (χ3v) is 4.84. The van der Waals surface area contributed by atoms with Crippen LogP contribution in [-0.4, -0.2) is 63.0 Å². The van der Waals surface area contributed by atoms with Crippen molar-refractivity contribution in [2.24, 2.45) is 0 Å². The molecule has 8 nitrogen and oxygen atoms in total. The Morgan fingerprint density at radius 2 is 1.71 bits per heavy atom. The number of fused-ring (bicyclic) bond motifs is 1. The molecule has 2 aromatic carbocycles. The predicted molar refractivity (Wildman–Crippen MR) is 116 cm³/mol. The molecule has 0 atom stereocenters. The second-order valence-electron chi connectivity index (χ2n) is 7.49. The van der Waals surface area contributed by atoms with Gasteiger partial charge in [-0.1, -0.05) is 24.3 Å². The second kappa shape index (κ2) is 10.0. The van der Waals surface area contributed by atoms with Crippen LogP contribution in [0.25, 0.3) is 0 Å². The van der Waals surface area contributed by atoms with Gasteiger partial charge in [-0.25, -0.2) is 9.18 Å². The first-order valence-corrected chi connectivity index (χ1v) is 9.96. The van der Waals surface area contributed by atoms with Gasteiger partial charge in [0.25, 0.3) is 0 Å². The van der Waals surface area contributed by atoms with Gasteiger partial charge in [-0.05, 0) is 43.9 Å². The molecule has 0 unspecified atom stereocenters. The largest absolute Gasteiger partial charge is 0.353 e. The van der Waals surface area contributed by atoms with Crippen molar-refractivity contribution < 1.29 is 18.8 Å². The molecule has 31 heavy (non-hydrogen) atoms. The molecule has 1 aliphatic rings. The molecule has 3 rings (SSSR count). The fraction of sp³-hybridized carbons (Fsp3) is 0.318. The van der Waals surface area contributed by atoms with Gasteiger partial charge >= 0.3 is 6.03 Å². The predicted octanol–water partition coefficient (Wildman–Crippen LogP) is 1.57. The van der Waals surface area contributed by atoms with Gasteiger partial charge in [0, 0.05) is 19.6 Å². The Kier molecular flexibility index (Phi) is 7.19. The maximum Gasteiger partial charge on any atom is 0.322 e.